The van der Waals surface area contributed by atoms with Crippen molar-refractivity contribution >= 4 is 0 Å². The molecule has 2 atom stereocenters. The summed E-state index contributed by atoms with van der Waals surface area (Å²) in [6, 6.07) is 3.85. The molecule has 0 aromatic carbocycles. The lowest BCUT2D eigenvalue weighted by Crippen LogP contribution is -2.17. The Kier molecular flexibility index (Phi) is 2.71. The predicted molar refractivity (Wildman–Crippen MR) is 45.1 cm³/mol. The van der Waals surface area contributed by atoms with Gasteiger partial charge in [-0.3, -0.25) is 0 Å². The number of nitrogens with two attached hydrogens (primary N) is 1. The molecule has 11 heavy (non-hydrogen) atoms. The number of furan rings is 1. The maximum Gasteiger partial charge on any atom is 0.120 e. The Balaban J connectivity index is 2.62. The summed E-state index contributed by atoms with van der Waals surface area (Å²) < 4.78 is 5.19. The van der Waals surface area contributed by atoms with Crippen LogP contribution in [-0.2, 0) is 0 Å². The lowest BCUT2D eigenvalue weighted by atomic mass is 9.98. The third-order valence-corrected chi connectivity index (χ3v) is 2.13. The van der Waals surface area contributed by atoms with E-state index in [4.69, 9.17) is 10.2 Å². The van der Waals surface area contributed by atoms with Crippen LogP contribution in [0.15, 0.2) is 22.8 Å². The molecule has 2 nitrogen and oxygen atoms in total. The van der Waals surface area contributed by atoms with E-state index in [1.54, 1.807) is 6.26 Å². The van der Waals surface area contributed by atoms with E-state index >= 15 is 0 Å². The fraction of sp³-hybridized carbons (Fsp3) is 0.556. The third-order valence-electron chi connectivity index (χ3n) is 2.13. The van der Waals surface area contributed by atoms with Crippen molar-refractivity contribution in [3.8, 4) is 0 Å². The highest BCUT2D eigenvalue weighted by Gasteiger charge is 2.14. The predicted octanol–water partition coefficient (Wildman–Crippen LogP) is 2.33. The molecule has 0 fully saturated rings. The minimum Gasteiger partial charge on any atom is -0.468 e. The van der Waals surface area contributed by atoms with Crippen LogP contribution < -0.4 is 5.73 Å². The second kappa shape index (κ2) is 3.58. The van der Waals surface area contributed by atoms with Crippen LogP contribution >= 0.6 is 0 Å². The van der Waals surface area contributed by atoms with Crippen molar-refractivity contribution in [2.45, 2.75) is 26.3 Å². The van der Waals surface area contributed by atoms with Crippen LogP contribution in [0, 0.1) is 5.92 Å². The molecular weight excluding hydrogens is 138 g/mol. The van der Waals surface area contributed by atoms with Crippen LogP contribution in [-0.4, -0.2) is 0 Å². The van der Waals surface area contributed by atoms with Crippen LogP contribution in [0.5, 0.6) is 0 Å². The van der Waals surface area contributed by atoms with Crippen molar-refractivity contribution in [1.82, 2.24) is 0 Å². The van der Waals surface area contributed by atoms with Gasteiger partial charge >= 0.3 is 0 Å². The smallest absolute Gasteiger partial charge is 0.120 e. The second-order valence-corrected chi connectivity index (χ2v) is 2.93. The molecule has 1 heterocycles. The molecule has 0 aliphatic rings. The second-order valence-electron chi connectivity index (χ2n) is 2.93. The highest BCUT2D eigenvalue weighted by molar-refractivity contribution is 5.04. The average molecular weight is 153 g/mol. The zero-order valence-corrected chi connectivity index (χ0v) is 7.08. The normalized spacial score (nSPS) is 16.3. The van der Waals surface area contributed by atoms with E-state index in [0.717, 1.165) is 12.2 Å². The monoisotopic (exact) mass is 153 g/mol. The van der Waals surface area contributed by atoms with Crippen LogP contribution in [0.25, 0.3) is 0 Å². The lowest BCUT2D eigenvalue weighted by molar-refractivity contribution is 0.376. The summed E-state index contributed by atoms with van der Waals surface area (Å²) in [5.74, 6) is 1.38. The van der Waals surface area contributed by atoms with Gasteiger partial charge < -0.3 is 10.2 Å². The Bertz CT molecular complexity index is 193. The molecule has 0 bridgehead atoms. The van der Waals surface area contributed by atoms with Crippen molar-refractivity contribution in [3.63, 3.8) is 0 Å². The lowest BCUT2D eigenvalue weighted by Gasteiger charge is -2.14. The molecule has 0 saturated heterocycles. The Labute approximate surface area is 67.4 Å². The van der Waals surface area contributed by atoms with Crippen LogP contribution in [0.4, 0.5) is 0 Å². The Morgan fingerprint density at radius 3 is 2.82 bits per heavy atom. The van der Waals surface area contributed by atoms with Gasteiger partial charge in [-0.1, -0.05) is 20.3 Å². The van der Waals surface area contributed by atoms with Gasteiger partial charge in [0.2, 0.25) is 0 Å². The first-order valence-electron chi connectivity index (χ1n) is 4.04. The van der Waals surface area contributed by atoms with E-state index in [9.17, 15) is 0 Å². The average Bonchev–Trinajstić information content (AvgIpc) is 2.53. The maximum absolute atomic E-state index is 5.90. The quantitative estimate of drug-likeness (QED) is 0.723. The molecule has 0 aliphatic carbocycles. The van der Waals surface area contributed by atoms with Crippen LogP contribution in [0.3, 0.4) is 0 Å². The number of hydrogen-bond donors (Lipinski definition) is 1. The summed E-state index contributed by atoms with van der Waals surface area (Å²) in [6.07, 6.45) is 2.75. The zero-order valence-electron chi connectivity index (χ0n) is 7.08. The third kappa shape index (κ3) is 1.84. The summed E-state index contributed by atoms with van der Waals surface area (Å²) in [4.78, 5) is 0. The van der Waals surface area contributed by atoms with Crippen molar-refractivity contribution in [3.05, 3.63) is 24.2 Å². The summed E-state index contributed by atoms with van der Waals surface area (Å²) >= 11 is 0. The minimum atomic E-state index is 0.0509. The van der Waals surface area contributed by atoms with E-state index in [1.807, 2.05) is 12.1 Å². The molecule has 1 aromatic rings. The SMILES string of the molecule is CCC(C)C(N)c1ccco1. The van der Waals surface area contributed by atoms with Crippen molar-refractivity contribution in [2.75, 3.05) is 0 Å². The van der Waals surface area contributed by atoms with E-state index in [-0.39, 0.29) is 6.04 Å². The van der Waals surface area contributed by atoms with Gasteiger partial charge in [-0.2, -0.15) is 0 Å². The zero-order chi connectivity index (χ0) is 8.27. The minimum absolute atomic E-state index is 0.0509. The van der Waals surface area contributed by atoms with Crippen molar-refractivity contribution in [1.29, 1.82) is 0 Å². The first-order chi connectivity index (χ1) is 5.25. The van der Waals surface area contributed by atoms with Gasteiger partial charge in [0.1, 0.15) is 5.76 Å². The van der Waals surface area contributed by atoms with Gasteiger partial charge in [-0.05, 0) is 18.1 Å². The molecule has 2 heteroatoms. The Hall–Kier alpha value is -0.760. The molecule has 2 N–H and O–H groups in total. The summed E-state index contributed by atoms with van der Waals surface area (Å²) in [5, 5.41) is 0. The van der Waals surface area contributed by atoms with Gasteiger partial charge in [0.15, 0.2) is 0 Å². The van der Waals surface area contributed by atoms with Gasteiger partial charge in [0.25, 0.3) is 0 Å². The molecule has 1 aromatic heterocycles. The number of rotatable bonds is 3. The molecule has 0 radical (unpaired) electrons. The molecule has 0 saturated carbocycles. The van der Waals surface area contributed by atoms with Gasteiger partial charge in [-0.25, -0.2) is 0 Å². The van der Waals surface area contributed by atoms with E-state index in [2.05, 4.69) is 13.8 Å². The summed E-state index contributed by atoms with van der Waals surface area (Å²) in [7, 11) is 0. The molecule has 1 rings (SSSR count). The van der Waals surface area contributed by atoms with Crippen molar-refractivity contribution in [2.24, 2.45) is 11.7 Å². The highest BCUT2D eigenvalue weighted by Crippen LogP contribution is 2.21. The van der Waals surface area contributed by atoms with Gasteiger partial charge in [0.05, 0.1) is 12.3 Å². The van der Waals surface area contributed by atoms with E-state index in [0.29, 0.717) is 5.92 Å². The largest absolute Gasteiger partial charge is 0.468 e. The standard InChI is InChI=1S/C9H15NO/c1-3-7(2)9(10)8-5-4-6-11-8/h4-7,9H,3,10H2,1-2H3. The van der Waals surface area contributed by atoms with Crippen LogP contribution in [0.2, 0.25) is 0 Å². The summed E-state index contributed by atoms with van der Waals surface area (Å²) in [6.45, 7) is 4.26. The molecule has 0 amide bonds. The Morgan fingerprint density at radius 2 is 2.36 bits per heavy atom. The topological polar surface area (TPSA) is 39.2 Å². The molecule has 0 aliphatic heterocycles. The van der Waals surface area contributed by atoms with Crippen LogP contribution in [0.1, 0.15) is 32.1 Å². The molecule has 2 unspecified atom stereocenters. The Morgan fingerprint density at radius 1 is 1.64 bits per heavy atom. The van der Waals surface area contributed by atoms with Crippen molar-refractivity contribution < 1.29 is 4.42 Å². The van der Waals surface area contributed by atoms with E-state index < -0.39 is 0 Å². The number of hydrogen-bond acceptors (Lipinski definition) is 2. The molecular formula is C9H15NO. The van der Waals surface area contributed by atoms with E-state index in [1.165, 1.54) is 0 Å². The molecule has 62 valence electrons. The first kappa shape index (κ1) is 8.34. The summed E-state index contributed by atoms with van der Waals surface area (Å²) in [5.41, 5.74) is 5.90. The van der Waals surface area contributed by atoms with Gasteiger partial charge in [0, 0.05) is 0 Å². The fourth-order valence-electron chi connectivity index (χ4n) is 1.02. The van der Waals surface area contributed by atoms with Gasteiger partial charge in [-0.15, -0.1) is 0 Å². The fourth-order valence-corrected chi connectivity index (χ4v) is 1.02. The first-order valence-corrected chi connectivity index (χ1v) is 4.04. The maximum atomic E-state index is 5.90. The molecule has 0 spiro atoms. The highest BCUT2D eigenvalue weighted by atomic mass is 16.3.